The third kappa shape index (κ3) is 3.37. The molecule has 0 saturated heterocycles. The third-order valence-corrected chi connectivity index (χ3v) is 3.09. The van der Waals surface area contributed by atoms with Gasteiger partial charge in [0.15, 0.2) is 0 Å². The number of nitrogens with two attached hydrogens (primary N) is 1. The summed E-state index contributed by atoms with van der Waals surface area (Å²) in [6.07, 6.45) is 0. The summed E-state index contributed by atoms with van der Waals surface area (Å²) in [5.74, 6) is -0.785. The van der Waals surface area contributed by atoms with Crippen molar-refractivity contribution < 1.29 is 9.18 Å². The Morgan fingerprint density at radius 2 is 1.95 bits per heavy atom. The average molecular weight is 283 g/mol. The minimum absolute atomic E-state index is 0.0485. The normalized spacial score (nSPS) is 9.95. The summed E-state index contributed by atoms with van der Waals surface area (Å²) in [5, 5.41) is 8.74. The molecule has 106 valence electrons. The summed E-state index contributed by atoms with van der Waals surface area (Å²) in [6, 6.07) is 12.9. The summed E-state index contributed by atoms with van der Waals surface area (Å²) in [4.78, 5) is 13.7. The fourth-order valence-corrected chi connectivity index (χ4v) is 1.93. The van der Waals surface area contributed by atoms with Gasteiger partial charge in [-0.1, -0.05) is 12.1 Å². The summed E-state index contributed by atoms with van der Waals surface area (Å²) in [7, 11) is 1.65. The van der Waals surface area contributed by atoms with Crippen molar-refractivity contribution in [1.82, 2.24) is 4.90 Å². The van der Waals surface area contributed by atoms with E-state index in [0.717, 1.165) is 5.56 Å². The predicted octanol–water partition coefficient (Wildman–Crippen LogP) is 2.55. The Balaban J connectivity index is 2.11. The van der Waals surface area contributed by atoms with Crippen LogP contribution in [0, 0.1) is 17.1 Å². The van der Waals surface area contributed by atoms with E-state index in [1.807, 2.05) is 6.07 Å². The highest BCUT2D eigenvalue weighted by Gasteiger charge is 2.13. The number of anilines is 1. The molecule has 0 saturated carbocycles. The lowest BCUT2D eigenvalue weighted by Crippen LogP contribution is -2.26. The molecule has 2 aromatic rings. The number of nitrogens with zero attached hydrogens (tertiary/aromatic N) is 2. The van der Waals surface area contributed by atoms with Gasteiger partial charge < -0.3 is 10.6 Å². The van der Waals surface area contributed by atoms with Gasteiger partial charge in [-0.25, -0.2) is 4.39 Å². The molecule has 0 unspecified atom stereocenters. The monoisotopic (exact) mass is 283 g/mol. The Morgan fingerprint density at radius 3 is 2.52 bits per heavy atom. The van der Waals surface area contributed by atoms with Crippen molar-refractivity contribution >= 4 is 11.6 Å². The van der Waals surface area contributed by atoms with Gasteiger partial charge in [-0.3, -0.25) is 4.79 Å². The molecule has 0 radical (unpaired) electrons. The number of hydrogen-bond donors (Lipinski definition) is 1. The Labute approximate surface area is 122 Å². The lowest BCUT2D eigenvalue weighted by Gasteiger charge is -2.17. The van der Waals surface area contributed by atoms with Crippen LogP contribution in [0.15, 0.2) is 42.5 Å². The van der Waals surface area contributed by atoms with E-state index in [-0.39, 0.29) is 11.6 Å². The third-order valence-electron chi connectivity index (χ3n) is 3.09. The number of hydrogen-bond acceptors (Lipinski definition) is 3. The Kier molecular flexibility index (Phi) is 4.19. The van der Waals surface area contributed by atoms with E-state index in [4.69, 9.17) is 11.0 Å². The van der Waals surface area contributed by atoms with Crippen LogP contribution < -0.4 is 5.73 Å². The SMILES string of the molecule is CN(Cc1ccc(C#N)cc1)C(=O)c1ccc(F)c(N)c1. The number of benzene rings is 2. The molecule has 0 aromatic heterocycles. The molecule has 0 spiro atoms. The summed E-state index contributed by atoms with van der Waals surface area (Å²) in [6.45, 7) is 0.391. The standard InChI is InChI=1S/C16H14FN3O/c1-20(10-12-4-2-11(9-18)3-5-12)16(21)13-6-7-14(17)15(19)8-13/h2-8H,10,19H2,1H3. The average Bonchev–Trinajstić information content (AvgIpc) is 2.50. The summed E-state index contributed by atoms with van der Waals surface area (Å²) >= 11 is 0. The van der Waals surface area contributed by atoms with Crippen molar-refractivity contribution in [1.29, 1.82) is 5.26 Å². The van der Waals surface area contributed by atoms with Crippen LogP contribution in [-0.2, 0) is 6.54 Å². The lowest BCUT2D eigenvalue weighted by atomic mass is 10.1. The maximum atomic E-state index is 13.1. The van der Waals surface area contributed by atoms with Crippen molar-refractivity contribution in [2.75, 3.05) is 12.8 Å². The number of nitrogen functional groups attached to an aromatic ring is 1. The molecule has 0 aliphatic rings. The molecule has 2 N–H and O–H groups in total. The van der Waals surface area contributed by atoms with E-state index in [0.29, 0.717) is 17.7 Å². The van der Waals surface area contributed by atoms with Gasteiger partial charge in [0.1, 0.15) is 5.82 Å². The van der Waals surface area contributed by atoms with Gasteiger partial charge in [-0.15, -0.1) is 0 Å². The van der Waals surface area contributed by atoms with Crippen LogP contribution >= 0.6 is 0 Å². The van der Waals surface area contributed by atoms with Gasteiger partial charge in [0.25, 0.3) is 5.91 Å². The molecule has 0 atom stereocenters. The Bertz CT molecular complexity index is 704. The topological polar surface area (TPSA) is 70.1 Å². The van der Waals surface area contributed by atoms with Crippen molar-refractivity contribution in [3.63, 3.8) is 0 Å². The number of nitriles is 1. The van der Waals surface area contributed by atoms with Crippen LogP contribution in [0.25, 0.3) is 0 Å². The second-order valence-corrected chi connectivity index (χ2v) is 4.71. The van der Waals surface area contributed by atoms with E-state index in [1.54, 1.807) is 31.3 Å². The van der Waals surface area contributed by atoms with Gasteiger partial charge in [0.05, 0.1) is 17.3 Å². The molecule has 0 fully saturated rings. The van der Waals surface area contributed by atoms with Crippen LogP contribution in [0.1, 0.15) is 21.5 Å². The van der Waals surface area contributed by atoms with Crippen molar-refractivity contribution in [2.45, 2.75) is 6.54 Å². The van der Waals surface area contributed by atoms with Crippen molar-refractivity contribution in [2.24, 2.45) is 0 Å². The molecule has 2 rings (SSSR count). The molecule has 1 amide bonds. The zero-order valence-electron chi connectivity index (χ0n) is 11.5. The number of carbonyl (C=O) groups is 1. The fourth-order valence-electron chi connectivity index (χ4n) is 1.93. The second-order valence-electron chi connectivity index (χ2n) is 4.71. The maximum absolute atomic E-state index is 13.1. The van der Waals surface area contributed by atoms with E-state index in [9.17, 15) is 9.18 Å². The first-order valence-electron chi connectivity index (χ1n) is 6.31. The predicted molar refractivity (Wildman–Crippen MR) is 77.8 cm³/mol. The highest BCUT2D eigenvalue weighted by molar-refractivity contribution is 5.94. The number of carbonyl (C=O) groups excluding carboxylic acids is 1. The molecule has 0 bridgehead atoms. The minimum Gasteiger partial charge on any atom is -0.396 e. The Morgan fingerprint density at radius 1 is 1.29 bits per heavy atom. The zero-order valence-corrected chi connectivity index (χ0v) is 11.5. The highest BCUT2D eigenvalue weighted by Crippen LogP contribution is 2.15. The lowest BCUT2D eigenvalue weighted by molar-refractivity contribution is 0.0785. The quantitative estimate of drug-likeness (QED) is 0.880. The smallest absolute Gasteiger partial charge is 0.253 e. The first-order valence-corrected chi connectivity index (χ1v) is 6.31. The van der Waals surface area contributed by atoms with Crippen LogP contribution in [-0.4, -0.2) is 17.9 Å². The van der Waals surface area contributed by atoms with Crippen LogP contribution in [0.2, 0.25) is 0 Å². The van der Waals surface area contributed by atoms with Gasteiger partial charge in [0.2, 0.25) is 0 Å². The molecular weight excluding hydrogens is 269 g/mol. The molecule has 21 heavy (non-hydrogen) atoms. The van der Waals surface area contributed by atoms with Crippen molar-refractivity contribution in [3.8, 4) is 6.07 Å². The molecule has 0 aliphatic carbocycles. The van der Waals surface area contributed by atoms with Crippen molar-refractivity contribution in [3.05, 3.63) is 65.0 Å². The number of rotatable bonds is 3. The summed E-state index contributed by atoms with van der Waals surface area (Å²) in [5.41, 5.74) is 7.23. The number of amides is 1. The maximum Gasteiger partial charge on any atom is 0.253 e. The van der Waals surface area contributed by atoms with E-state index >= 15 is 0 Å². The Hall–Kier alpha value is -2.87. The zero-order chi connectivity index (χ0) is 15.4. The van der Waals surface area contributed by atoms with Crippen LogP contribution in [0.5, 0.6) is 0 Å². The van der Waals surface area contributed by atoms with Gasteiger partial charge >= 0.3 is 0 Å². The van der Waals surface area contributed by atoms with E-state index in [1.165, 1.54) is 23.1 Å². The van der Waals surface area contributed by atoms with Gasteiger partial charge in [-0.2, -0.15) is 5.26 Å². The molecule has 5 heteroatoms. The molecule has 0 aliphatic heterocycles. The first-order chi connectivity index (χ1) is 10.0. The van der Waals surface area contributed by atoms with Gasteiger partial charge in [-0.05, 0) is 35.9 Å². The largest absolute Gasteiger partial charge is 0.396 e. The molecular formula is C16H14FN3O. The molecule has 4 nitrogen and oxygen atoms in total. The fraction of sp³-hybridized carbons (Fsp3) is 0.125. The first kappa shape index (κ1) is 14.5. The molecule has 2 aromatic carbocycles. The van der Waals surface area contributed by atoms with Gasteiger partial charge in [0, 0.05) is 19.2 Å². The van der Waals surface area contributed by atoms with Crippen LogP contribution in [0.4, 0.5) is 10.1 Å². The highest BCUT2D eigenvalue weighted by atomic mass is 19.1. The second kappa shape index (κ2) is 6.06. The van der Waals surface area contributed by atoms with E-state index in [2.05, 4.69) is 0 Å². The van der Waals surface area contributed by atoms with E-state index < -0.39 is 5.82 Å². The summed E-state index contributed by atoms with van der Waals surface area (Å²) < 4.78 is 13.1. The molecule has 0 heterocycles. The van der Waals surface area contributed by atoms with Crippen LogP contribution in [0.3, 0.4) is 0 Å². The minimum atomic E-state index is -0.540. The number of halogens is 1.